The second-order valence-electron chi connectivity index (χ2n) is 4.46. The van der Waals surface area contributed by atoms with E-state index in [1.807, 2.05) is 6.07 Å². The molecule has 6 nitrogen and oxygen atoms in total. The van der Waals surface area contributed by atoms with Crippen molar-refractivity contribution in [1.29, 1.82) is 0 Å². The van der Waals surface area contributed by atoms with E-state index in [4.69, 9.17) is 14.9 Å². The second kappa shape index (κ2) is 5.71. The zero-order valence-corrected chi connectivity index (χ0v) is 10.2. The standard InChI is InChI=1S/C13H15NO5/c15-11(16)6-9-10(7-14-12(9)13(17)18)19-8-4-2-1-3-5-8/h1-5,9-10,12,14H,6-7H2,(H,15,16)(H,17,18)/t9-,10-,12-/m0/s1. The van der Waals surface area contributed by atoms with Crippen LogP contribution in [0.1, 0.15) is 6.42 Å². The summed E-state index contributed by atoms with van der Waals surface area (Å²) in [5.74, 6) is -2.06. The molecule has 1 aromatic carbocycles. The molecule has 0 saturated carbocycles. The van der Waals surface area contributed by atoms with Crippen molar-refractivity contribution in [2.75, 3.05) is 6.54 Å². The third-order valence-electron chi connectivity index (χ3n) is 3.15. The van der Waals surface area contributed by atoms with E-state index in [0.717, 1.165) is 0 Å². The predicted molar refractivity (Wildman–Crippen MR) is 66.0 cm³/mol. The first-order chi connectivity index (χ1) is 9.08. The molecule has 0 spiro atoms. The van der Waals surface area contributed by atoms with Crippen molar-refractivity contribution in [2.24, 2.45) is 5.92 Å². The normalized spacial score (nSPS) is 26.0. The number of hydrogen-bond acceptors (Lipinski definition) is 4. The molecule has 1 heterocycles. The maximum Gasteiger partial charge on any atom is 0.321 e. The van der Waals surface area contributed by atoms with Gasteiger partial charge in [-0.1, -0.05) is 18.2 Å². The number of carbonyl (C=O) groups is 2. The maximum absolute atomic E-state index is 11.1. The molecule has 3 atom stereocenters. The fourth-order valence-electron chi connectivity index (χ4n) is 2.28. The summed E-state index contributed by atoms with van der Waals surface area (Å²) in [4.78, 5) is 21.9. The summed E-state index contributed by atoms with van der Waals surface area (Å²) in [6.45, 7) is 0.323. The van der Waals surface area contributed by atoms with Crippen LogP contribution in [0.15, 0.2) is 30.3 Å². The van der Waals surface area contributed by atoms with Gasteiger partial charge in [-0.25, -0.2) is 0 Å². The molecule has 19 heavy (non-hydrogen) atoms. The van der Waals surface area contributed by atoms with E-state index < -0.39 is 30.0 Å². The smallest absolute Gasteiger partial charge is 0.321 e. The van der Waals surface area contributed by atoms with E-state index >= 15 is 0 Å². The Labute approximate surface area is 110 Å². The lowest BCUT2D eigenvalue weighted by molar-refractivity contribution is -0.142. The number of aliphatic carboxylic acids is 2. The summed E-state index contributed by atoms with van der Waals surface area (Å²) in [7, 11) is 0. The zero-order valence-electron chi connectivity index (χ0n) is 10.2. The highest BCUT2D eigenvalue weighted by molar-refractivity contribution is 5.76. The molecule has 0 aliphatic carbocycles. The van der Waals surface area contributed by atoms with Gasteiger partial charge in [0.25, 0.3) is 0 Å². The van der Waals surface area contributed by atoms with Gasteiger partial charge in [-0.3, -0.25) is 9.59 Å². The minimum absolute atomic E-state index is 0.235. The summed E-state index contributed by atoms with van der Waals surface area (Å²) in [5.41, 5.74) is 0. The predicted octanol–water partition coefficient (Wildman–Crippen LogP) is 0.581. The largest absolute Gasteiger partial charge is 0.489 e. The van der Waals surface area contributed by atoms with Crippen LogP contribution in [-0.4, -0.2) is 40.8 Å². The van der Waals surface area contributed by atoms with Gasteiger partial charge in [-0.15, -0.1) is 0 Å². The van der Waals surface area contributed by atoms with Gasteiger partial charge < -0.3 is 20.3 Å². The van der Waals surface area contributed by atoms with Crippen LogP contribution in [0.25, 0.3) is 0 Å². The van der Waals surface area contributed by atoms with Gasteiger partial charge in [0.05, 0.1) is 6.42 Å². The molecule has 1 aromatic rings. The lowest BCUT2D eigenvalue weighted by Crippen LogP contribution is -2.38. The number of para-hydroxylation sites is 1. The highest BCUT2D eigenvalue weighted by Crippen LogP contribution is 2.25. The number of carboxylic acid groups (broad SMARTS) is 2. The van der Waals surface area contributed by atoms with Gasteiger partial charge in [0.1, 0.15) is 17.9 Å². The van der Waals surface area contributed by atoms with E-state index in [1.165, 1.54) is 0 Å². The Morgan fingerprint density at radius 1 is 1.26 bits per heavy atom. The lowest BCUT2D eigenvalue weighted by atomic mass is 9.94. The fraction of sp³-hybridized carbons (Fsp3) is 0.385. The molecule has 1 aliphatic rings. The summed E-state index contributed by atoms with van der Waals surface area (Å²) in [6.07, 6.45) is -0.693. The third kappa shape index (κ3) is 3.23. The number of nitrogens with one attached hydrogen (secondary N) is 1. The number of benzene rings is 1. The van der Waals surface area contributed by atoms with Crippen molar-refractivity contribution in [3.05, 3.63) is 30.3 Å². The summed E-state index contributed by atoms with van der Waals surface area (Å²) >= 11 is 0. The lowest BCUT2D eigenvalue weighted by Gasteiger charge is -2.21. The fourth-order valence-corrected chi connectivity index (χ4v) is 2.28. The molecule has 102 valence electrons. The Morgan fingerprint density at radius 3 is 2.53 bits per heavy atom. The third-order valence-corrected chi connectivity index (χ3v) is 3.15. The van der Waals surface area contributed by atoms with Crippen molar-refractivity contribution in [1.82, 2.24) is 5.32 Å². The van der Waals surface area contributed by atoms with E-state index in [-0.39, 0.29) is 6.42 Å². The van der Waals surface area contributed by atoms with Crippen LogP contribution in [0.2, 0.25) is 0 Å². The molecule has 0 bridgehead atoms. The Hall–Kier alpha value is -2.08. The topological polar surface area (TPSA) is 95.9 Å². The van der Waals surface area contributed by atoms with Crippen molar-refractivity contribution in [3.63, 3.8) is 0 Å². The molecule has 0 amide bonds. The van der Waals surface area contributed by atoms with Crippen LogP contribution >= 0.6 is 0 Å². The van der Waals surface area contributed by atoms with E-state index in [1.54, 1.807) is 24.3 Å². The van der Waals surface area contributed by atoms with Crippen LogP contribution in [0, 0.1) is 5.92 Å². The maximum atomic E-state index is 11.1. The van der Waals surface area contributed by atoms with Crippen LogP contribution < -0.4 is 10.1 Å². The molecule has 1 aliphatic heterocycles. The quantitative estimate of drug-likeness (QED) is 0.720. The average Bonchev–Trinajstić information content (AvgIpc) is 2.73. The highest BCUT2D eigenvalue weighted by atomic mass is 16.5. The van der Waals surface area contributed by atoms with Gasteiger partial charge in [0.2, 0.25) is 0 Å². The molecule has 0 unspecified atom stereocenters. The summed E-state index contributed by atoms with van der Waals surface area (Å²) in [5, 5.41) is 20.7. The van der Waals surface area contributed by atoms with E-state index in [9.17, 15) is 9.59 Å². The molecular formula is C13H15NO5. The molecule has 3 N–H and O–H groups in total. The van der Waals surface area contributed by atoms with Gasteiger partial charge >= 0.3 is 11.9 Å². The van der Waals surface area contributed by atoms with Gasteiger partial charge in [0.15, 0.2) is 0 Å². The number of carboxylic acids is 2. The van der Waals surface area contributed by atoms with Crippen LogP contribution in [0.4, 0.5) is 0 Å². The van der Waals surface area contributed by atoms with Crippen LogP contribution in [0.3, 0.4) is 0 Å². The van der Waals surface area contributed by atoms with Crippen LogP contribution in [-0.2, 0) is 9.59 Å². The second-order valence-corrected chi connectivity index (χ2v) is 4.46. The minimum Gasteiger partial charge on any atom is -0.489 e. The van der Waals surface area contributed by atoms with Gasteiger partial charge in [-0.05, 0) is 12.1 Å². The Bertz CT molecular complexity index is 461. The highest BCUT2D eigenvalue weighted by Gasteiger charge is 2.42. The van der Waals surface area contributed by atoms with Crippen molar-refractivity contribution in [2.45, 2.75) is 18.6 Å². The monoisotopic (exact) mass is 265 g/mol. The molecular weight excluding hydrogens is 250 g/mol. The molecule has 2 rings (SSSR count). The molecule has 0 radical (unpaired) electrons. The number of hydrogen-bond donors (Lipinski definition) is 3. The zero-order chi connectivity index (χ0) is 13.8. The molecule has 1 saturated heterocycles. The van der Waals surface area contributed by atoms with E-state index in [2.05, 4.69) is 5.32 Å². The summed E-state index contributed by atoms with van der Waals surface area (Å²) in [6, 6.07) is 8.08. The first kappa shape index (κ1) is 13.4. The first-order valence-corrected chi connectivity index (χ1v) is 5.97. The minimum atomic E-state index is -1.05. The Kier molecular flexibility index (Phi) is 4.01. The molecule has 0 aromatic heterocycles. The van der Waals surface area contributed by atoms with E-state index in [0.29, 0.717) is 12.3 Å². The first-order valence-electron chi connectivity index (χ1n) is 5.97. The SMILES string of the molecule is O=C(O)C[C@H]1[C@@H](Oc2ccccc2)CN[C@@H]1C(=O)O. The van der Waals surface area contributed by atoms with Crippen LogP contribution in [0.5, 0.6) is 5.75 Å². The average molecular weight is 265 g/mol. The van der Waals surface area contributed by atoms with Gasteiger partial charge in [0, 0.05) is 12.5 Å². The van der Waals surface area contributed by atoms with Gasteiger partial charge in [-0.2, -0.15) is 0 Å². The summed E-state index contributed by atoms with van der Waals surface area (Å²) < 4.78 is 5.68. The molecule has 1 fully saturated rings. The Balaban J connectivity index is 2.10. The van der Waals surface area contributed by atoms with Crippen molar-refractivity contribution < 1.29 is 24.5 Å². The Morgan fingerprint density at radius 2 is 1.95 bits per heavy atom. The van der Waals surface area contributed by atoms with Crippen molar-refractivity contribution >= 4 is 11.9 Å². The molecule has 6 heteroatoms. The van der Waals surface area contributed by atoms with Crippen molar-refractivity contribution in [3.8, 4) is 5.75 Å². The number of rotatable bonds is 5. The number of ether oxygens (including phenoxy) is 1.